The first-order valence-corrected chi connectivity index (χ1v) is 7.27. The third-order valence-corrected chi connectivity index (χ3v) is 3.29. The highest BCUT2D eigenvalue weighted by molar-refractivity contribution is 5.80. The van der Waals surface area contributed by atoms with Crippen molar-refractivity contribution in [2.45, 2.75) is 19.4 Å². The molecular formula is C18H17FN2O2. The van der Waals surface area contributed by atoms with E-state index < -0.39 is 6.10 Å². The molecule has 1 amide bonds. The first-order valence-electron chi connectivity index (χ1n) is 7.27. The van der Waals surface area contributed by atoms with Crippen LogP contribution >= 0.6 is 0 Å². The Balaban J connectivity index is 1.78. The molecule has 0 aliphatic carbocycles. The Morgan fingerprint density at radius 3 is 2.48 bits per heavy atom. The largest absolute Gasteiger partial charge is 0.481 e. The number of amides is 1. The smallest absolute Gasteiger partial charge is 0.260 e. The Morgan fingerprint density at radius 1 is 1.22 bits per heavy atom. The lowest BCUT2D eigenvalue weighted by Crippen LogP contribution is -2.37. The SMILES string of the molecule is C[C@@H](Oc1ccc(C#N)cc1)C(=O)NCCc1ccc(F)cc1. The number of nitrogens with one attached hydrogen (secondary N) is 1. The van der Waals surface area contributed by atoms with Gasteiger partial charge in [-0.15, -0.1) is 0 Å². The topological polar surface area (TPSA) is 62.1 Å². The lowest BCUT2D eigenvalue weighted by atomic mass is 10.1. The maximum Gasteiger partial charge on any atom is 0.260 e. The van der Waals surface area contributed by atoms with Gasteiger partial charge < -0.3 is 10.1 Å². The minimum absolute atomic E-state index is 0.225. The van der Waals surface area contributed by atoms with E-state index in [-0.39, 0.29) is 11.7 Å². The summed E-state index contributed by atoms with van der Waals surface area (Å²) in [5.74, 6) is 0.0314. The molecule has 0 spiro atoms. The average molecular weight is 312 g/mol. The number of nitriles is 1. The molecule has 0 saturated heterocycles. The number of hydrogen-bond donors (Lipinski definition) is 1. The summed E-state index contributed by atoms with van der Waals surface area (Å²) in [6.07, 6.45) is -0.0218. The second-order valence-electron chi connectivity index (χ2n) is 5.06. The van der Waals surface area contributed by atoms with Crippen LogP contribution < -0.4 is 10.1 Å². The molecule has 0 heterocycles. The van der Waals surface area contributed by atoms with Crippen molar-refractivity contribution in [2.24, 2.45) is 0 Å². The fourth-order valence-electron chi connectivity index (χ4n) is 1.99. The van der Waals surface area contributed by atoms with Crippen LogP contribution in [0.4, 0.5) is 4.39 Å². The van der Waals surface area contributed by atoms with Gasteiger partial charge in [-0.1, -0.05) is 12.1 Å². The van der Waals surface area contributed by atoms with E-state index in [1.165, 1.54) is 12.1 Å². The predicted molar refractivity (Wildman–Crippen MR) is 84.4 cm³/mol. The van der Waals surface area contributed by atoms with Gasteiger partial charge in [-0.3, -0.25) is 4.79 Å². The second-order valence-corrected chi connectivity index (χ2v) is 5.06. The number of carbonyl (C=O) groups is 1. The predicted octanol–water partition coefficient (Wildman–Crippen LogP) is 2.82. The van der Waals surface area contributed by atoms with E-state index in [9.17, 15) is 9.18 Å². The molecule has 0 saturated carbocycles. The molecular weight excluding hydrogens is 295 g/mol. The number of ether oxygens (including phenoxy) is 1. The Hall–Kier alpha value is -2.87. The summed E-state index contributed by atoms with van der Waals surface area (Å²) < 4.78 is 18.3. The van der Waals surface area contributed by atoms with Gasteiger partial charge in [0.15, 0.2) is 6.10 Å². The molecule has 118 valence electrons. The summed E-state index contributed by atoms with van der Waals surface area (Å²) in [5, 5.41) is 11.5. The molecule has 5 heteroatoms. The minimum Gasteiger partial charge on any atom is -0.481 e. The van der Waals surface area contributed by atoms with Crippen molar-refractivity contribution in [1.82, 2.24) is 5.32 Å². The van der Waals surface area contributed by atoms with Crippen LogP contribution in [0.15, 0.2) is 48.5 Å². The Bertz CT molecular complexity index is 690. The van der Waals surface area contributed by atoms with Gasteiger partial charge in [0.2, 0.25) is 0 Å². The molecule has 2 rings (SSSR count). The Labute approximate surface area is 134 Å². The van der Waals surface area contributed by atoms with E-state index in [4.69, 9.17) is 10.00 Å². The van der Waals surface area contributed by atoms with E-state index in [1.807, 2.05) is 6.07 Å². The quantitative estimate of drug-likeness (QED) is 0.892. The summed E-state index contributed by atoms with van der Waals surface area (Å²) in [7, 11) is 0. The molecule has 2 aromatic rings. The summed E-state index contributed by atoms with van der Waals surface area (Å²) in [5.41, 5.74) is 1.49. The van der Waals surface area contributed by atoms with Gasteiger partial charge in [0.05, 0.1) is 11.6 Å². The van der Waals surface area contributed by atoms with Crippen molar-refractivity contribution in [3.63, 3.8) is 0 Å². The van der Waals surface area contributed by atoms with Crippen LogP contribution in [-0.2, 0) is 11.2 Å². The molecule has 0 aliphatic heterocycles. The maximum atomic E-state index is 12.8. The van der Waals surface area contributed by atoms with Crippen LogP contribution in [0.5, 0.6) is 5.75 Å². The molecule has 1 atom stereocenters. The zero-order chi connectivity index (χ0) is 16.7. The van der Waals surface area contributed by atoms with Gasteiger partial charge >= 0.3 is 0 Å². The summed E-state index contributed by atoms with van der Waals surface area (Å²) in [4.78, 5) is 12.0. The molecule has 0 aliphatic rings. The highest BCUT2D eigenvalue weighted by Crippen LogP contribution is 2.13. The monoisotopic (exact) mass is 312 g/mol. The van der Waals surface area contributed by atoms with Gasteiger partial charge in [0, 0.05) is 6.54 Å². The lowest BCUT2D eigenvalue weighted by molar-refractivity contribution is -0.127. The summed E-state index contributed by atoms with van der Waals surface area (Å²) in [6.45, 7) is 2.11. The number of carbonyl (C=O) groups excluding carboxylic acids is 1. The lowest BCUT2D eigenvalue weighted by Gasteiger charge is -2.14. The van der Waals surface area contributed by atoms with Gasteiger partial charge in [0.1, 0.15) is 11.6 Å². The Morgan fingerprint density at radius 2 is 1.87 bits per heavy atom. The van der Waals surface area contributed by atoms with Crippen LogP contribution in [0.25, 0.3) is 0 Å². The number of halogens is 1. The Kier molecular flexibility index (Phi) is 5.70. The molecule has 0 bridgehead atoms. The van der Waals surface area contributed by atoms with Crippen LogP contribution in [-0.4, -0.2) is 18.6 Å². The number of nitrogens with zero attached hydrogens (tertiary/aromatic N) is 1. The first-order chi connectivity index (χ1) is 11.1. The van der Waals surface area contributed by atoms with Crippen molar-refractivity contribution in [2.75, 3.05) is 6.54 Å². The highest BCUT2D eigenvalue weighted by atomic mass is 19.1. The van der Waals surface area contributed by atoms with E-state index >= 15 is 0 Å². The van der Waals surface area contributed by atoms with Crippen LogP contribution in [0.2, 0.25) is 0 Å². The van der Waals surface area contributed by atoms with E-state index in [0.29, 0.717) is 24.3 Å². The van der Waals surface area contributed by atoms with Gasteiger partial charge in [0.25, 0.3) is 5.91 Å². The normalized spacial score (nSPS) is 11.3. The van der Waals surface area contributed by atoms with Crippen molar-refractivity contribution in [1.29, 1.82) is 5.26 Å². The molecule has 2 aromatic carbocycles. The first kappa shape index (κ1) is 16.5. The minimum atomic E-state index is -0.642. The second kappa shape index (κ2) is 7.95. The molecule has 4 nitrogen and oxygen atoms in total. The zero-order valence-electron chi connectivity index (χ0n) is 12.8. The molecule has 0 unspecified atom stereocenters. The van der Waals surface area contributed by atoms with Crippen molar-refractivity contribution in [3.05, 3.63) is 65.5 Å². The van der Waals surface area contributed by atoms with Crippen molar-refractivity contribution >= 4 is 5.91 Å². The maximum absolute atomic E-state index is 12.8. The van der Waals surface area contributed by atoms with Crippen LogP contribution in [0.1, 0.15) is 18.1 Å². The standard InChI is InChI=1S/C18H17FN2O2/c1-13(23-17-8-4-15(12-20)5-9-17)18(22)21-11-10-14-2-6-16(19)7-3-14/h2-9,13H,10-11H2,1H3,(H,21,22)/t13-/m1/s1. The zero-order valence-corrected chi connectivity index (χ0v) is 12.8. The molecule has 0 fully saturated rings. The van der Waals surface area contributed by atoms with Crippen molar-refractivity contribution < 1.29 is 13.9 Å². The van der Waals surface area contributed by atoms with E-state index in [1.54, 1.807) is 43.3 Å². The van der Waals surface area contributed by atoms with Crippen molar-refractivity contribution in [3.8, 4) is 11.8 Å². The van der Waals surface area contributed by atoms with E-state index in [0.717, 1.165) is 5.56 Å². The fourth-order valence-corrected chi connectivity index (χ4v) is 1.99. The molecule has 1 N–H and O–H groups in total. The average Bonchev–Trinajstić information content (AvgIpc) is 2.57. The third-order valence-electron chi connectivity index (χ3n) is 3.29. The van der Waals surface area contributed by atoms with Crippen LogP contribution in [0, 0.1) is 17.1 Å². The van der Waals surface area contributed by atoms with Crippen LogP contribution in [0.3, 0.4) is 0 Å². The summed E-state index contributed by atoms with van der Waals surface area (Å²) >= 11 is 0. The van der Waals surface area contributed by atoms with Gasteiger partial charge in [-0.25, -0.2) is 4.39 Å². The highest BCUT2D eigenvalue weighted by Gasteiger charge is 2.14. The molecule has 0 aromatic heterocycles. The number of rotatable bonds is 6. The van der Waals surface area contributed by atoms with Gasteiger partial charge in [-0.2, -0.15) is 5.26 Å². The van der Waals surface area contributed by atoms with E-state index in [2.05, 4.69) is 5.32 Å². The summed E-state index contributed by atoms with van der Waals surface area (Å²) in [6, 6.07) is 14.8. The third kappa shape index (κ3) is 5.11. The fraction of sp³-hybridized carbons (Fsp3) is 0.222. The molecule has 23 heavy (non-hydrogen) atoms. The number of hydrogen-bond acceptors (Lipinski definition) is 3. The molecule has 0 radical (unpaired) electrons. The van der Waals surface area contributed by atoms with Gasteiger partial charge in [-0.05, 0) is 55.3 Å². The number of benzene rings is 2.